The van der Waals surface area contributed by atoms with Crippen LogP contribution in [0.15, 0.2) is 29.5 Å². The summed E-state index contributed by atoms with van der Waals surface area (Å²) < 4.78 is 4.55. The van der Waals surface area contributed by atoms with E-state index in [1.807, 2.05) is 12.1 Å². The van der Waals surface area contributed by atoms with Crippen LogP contribution in [0.25, 0.3) is 0 Å². The maximum Gasteiger partial charge on any atom is 0.305 e. The van der Waals surface area contributed by atoms with E-state index in [-0.39, 0.29) is 11.9 Å². The molecular weight excluding hydrogens is 270 g/mol. The van der Waals surface area contributed by atoms with E-state index in [1.165, 1.54) is 13.3 Å². The minimum absolute atomic E-state index is 0.116. The van der Waals surface area contributed by atoms with Gasteiger partial charge in [0.15, 0.2) is 0 Å². The Kier molecular flexibility index (Phi) is 8.44. The third-order valence-corrected chi connectivity index (χ3v) is 2.84. The molecule has 0 saturated heterocycles. The largest absolute Gasteiger partial charge is 0.469 e. The molecule has 0 aliphatic carbocycles. The number of unbranched alkanes of at least 4 members (excludes halogenated alkanes) is 3. The molecule has 0 atom stereocenters. The average Bonchev–Trinajstić information content (AvgIpc) is 2.51. The highest BCUT2D eigenvalue weighted by atomic mass is 16.5. The lowest BCUT2D eigenvalue weighted by molar-refractivity contribution is -0.140. The molecule has 1 heterocycles. The predicted octanol–water partition coefficient (Wildman–Crippen LogP) is 2.05. The number of carbonyl (C=O) groups is 2. The topological polar surface area (TPSA) is 80.7 Å². The van der Waals surface area contributed by atoms with Crippen molar-refractivity contribution in [2.24, 2.45) is 5.10 Å². The number of esters is 1. The first-order valence-corrected chi connectivity index (χ1v) is 7.02. The summed E-state index contributed by atoms with van der Waals surface area (Å²) in [6.07, 6.45) is 7.45. The third-order valence-electron chi connectivity index (χ3n) is 2.84. The van der Waals surface area contributed by atoms with Gasteiger partial charge in [-0.2, -0.15) is 5.10 Å². The molecule has 0 radical (unpaired) electrons. The van der Waals surface area contributed by atoms with Crippen LogP contribution in [0.1, 0.15) is 44.2 Å². The molecule has 21 heavy (non-hydrogen) atoms. The SMILES string of the molecule is COC(=O)CCCCCCC(=O)N/N=C/c1ccccn1. The molecule has 6 heteroatoms. The molecule has 0 aliphatic heterocycles. The van der Waals surface area contributed by atoms with Gasteiger partial charge in [-0.1, -0.05) is 18.9 Å². The molecule has 0 saturated carbocycles. The Morgan fingerprint density at radius 2 is 2.00 bits per heavy atom. The number of nitrogens with one attached hydrogen (secondary N) is 1. The highest BCUT2D eigenvalue weighted by Gasteiger charge is 2.01. The van der Waals surface area contributed by atoms with Gasteiger partial charge >= 0.3 is 5.97 Å². The molecular formula is C15H21N3O3. The van der Waals surface area contributed by atoms with Gasteiger partial charge in [-0.3, -0.25) is 14.6 Å². The summed E-state index contributed by atoms with van der Waals surface area (Å²) in [7, 11) is 1.39. The first-order chi connectivity index (χ1) is 10.2. The second-order valence-corrected chi connectivity index (χ2v) is 4.54. The number of pyridine rings is 1. The van der Waals surface area contributed by atoms with Crippen LogP contribution >= 0.6 is 0 Å². The molecule has 0 aliphatic rings. The number of aromatic nitrogens is 1. The molecule has 1 aromatic rings. The van der Waals surface area contributed by atoms with Crippen molar-refractivity contribution in [2.45, 2.75) is 38.5 Å². The van der Waals surface area contributed by atoms with E-state index in [0.29, 0.717) is 18.5 Å². The van der Waals surface area contributed by atoms with E-state index in [1.54, 1.807) is 12.3 Å². The number of nitrogens with zero attached hydrogens (tertiary/aromatic N) is 2. The van der Waals surface area contributed by atoms with E-state index >= 15 is 0 Å². The van der Waals surface area contributed by atoms with Crippen molar-refractivity contribution < 1.29 is 14.3 Å². The molecule has 1 amide bonds. The van der Waals surface area contributed by atoms with Crippen LogP contribution < -0.4 is 5.43 Å². The van der Waals surface area contributed by atoms with Crippen LogP contribution in [0.3, 0.4) is 0 Å². The van der Waals surface area contributed by atoms with Crippen molar-refractivity contribution in [2.75, 3.05) is 7.11 Å². The minimum Gasteiger partial charge on any atom is -0.469 e. The van der Waals surface area contributed by atoms with Crippen LogP contribution in [0.5, 0.6) is 0 Å². The van der Waals surface area contributed by atoms with E-state index in [9.17, 15) is 9.59 Å². The molecule has 0 aromatic carbocycles. The number of hydrogen-bond donors (Lipinski definition) is 1. The standard InChI is InChI=1S/C15H21N3O3/c1-21-15(20)10-5-3-2-4-9-14(19)18-17-12-13-8-6-7-11-16-13/h6-8,11-12H,2-5,9-10H2,1H3,(H,18,19)/b17-12+. The Bertz CT molecular complexity index is 460. The van der Waals surface area contributed by atoms with Gasteiger partial charge in [0.1, 0.15) is 0 Å². The van der Waals surface area contributed by atoms with Gasteiger partial charge < -0.3 is 4.74 Å². The van der Waals surface area contributed by atoms with Crippen molar-refractivity contribution >= 4 is 18.1 Å². The van der Waals surface area contributed by atoms with Crippen LogP contribution in [0, 0.1) is 0 Å². The van der Waals surface area contributed by atoms with E-state index in [4.69, 9.17) is 0 Å². The van der Waals surface area contributed by atoms with E-state index < -0.39 is 0 Å². The summed E-state index contributed by atoms with van der Waals surface area (Å²) >= 11 is 0. The summed E-state index contributed by atoms with van der Waals surface area (Å²) in [6.45, 7) is 0. The molecule has 1 rings (SSSR count). The Morgan fingerprint density at radius 1 is 1.24 bits per heavy atom. The first kappa shape index (κ1) is 16.8. The van der Waals surface area contributed by atoms with Gasteiger partial charge in [0.2, 0.25) is 5.91 Å². The molecule has 1 aromatic heterocycles. The molecule has 1 N–H and O–H groups in total. The van der Waals surface area contributed by atoms with Crippen LogP contribution in [0.2, 0.25) is 0 Å². The quantitative estimate of drug-likeness (QED) is 0.327. The normalized spacial score (nSPS) is 10.5. The zero-order valence-corrected chi connectivity index (χ0v) is 12.2. The number of carbonyl (C=O) groups excluding carboxylic acids is 2. The molecule has 6 nitrogen and oxygen atoms in total. The molecule has 0 spiro atoms. The number of rotatable bonds is 9. The van der Waals surface area contributed by atoms with Crippen molar-refractivity contribution in [1.29, 1.82) is 0 Å². The Hall–Kier alpha value is -2.24. The lowest BCUT2D eigenvalue weighted by Gasteiger charge is -2.01. The first-order valence-electron chi connectivity index (χ1n) is 7.02. The maximum absolute atomic E-state index is 11.5. The van der Waals surface area contributed by atoms with Gasteiger partial charge in [0.25, 0.3) is 0 Å². The average molecular weight is 291 g/mol. The number of hydrogen-bond acceptors (Lipinski definition) is 5. The molecule has 0 unspecified atom stereocenters. The summed E-state index contributed by atoms with van der Waals surface area (Å²) in [5.74, 6) is -0.299. The van der Waals surface area contributed by atoms with Gasteiger partial charge in [-0.05, 0) is 25.0 Å². The Morgan fingerprint density at radius 3 is 2.67 bits per heavy atom. The Labute approximate surface area is 124 Å². The number of ether oxygens (including phenoxy) is 1. The smallest absolute Gasteiger partial charge is 0.305 e. The van der Waals surface area contributed by atoms with Crippen molar-refractivity contribution in [3.05, 3.63) is 30.1 Å². The van der Waals surface area contributed by atoms with Crippen molar-refractivity contribution in [3.63, 3.8) is 0 Å². The van der Waals surface area contributed by atoms with Crippen LogP contribution in [0.4, 0.5) is 0 Å². The summed E-state index contributed by atoms with van der Waals surface area (Å²) in [6, 6.07) is 5.47. The van der Waals surface area contributed by atoms with E-state index in [0.717, 1.165) is 25.7 Å². The number of hydrazone groups is 1. The zero-order chi connectivity index (χ0) is 15.3. The predicted molar refractivity (Wildman–Crippen MR) is 79.7 cm³/mol. The molecule has 0 bridgehead atoms. The minimum atomic E-state index is -0.184. The van der Waals surface area contributed by atoms with Gasteiger partial charge in [-0.25, -0.2) is 5.43 Å². The fourth-order valence-corrected chi connectivity index (χ4v) is 1.69. The number of amides is 1. The summed E-state index contributed by atoms with van der Waals surface area (Å²) in [4.78, 5) is 26.4. The van der Waals surface area contributed by atoms with E-state index in [2.05, 4.69) is 20.2 Å². The highest BCUT2D eigenvalue weighted by Crippen LogP contribution is 2.05. The zero-order valence-electron chi connectivity index (χ0n) is 12.2. The van der Waals surface area contributed by atoms with Gasteiger partial charge in [0.05, 0.1) is 19.0 Å². The van der Waals surface area contributed by atoms with Crippen molar-refractivity contribution in [1.82, 2.24) is 10.4 Å². The van der Waals surface area contributed by atoms with Crippen LogP contribution in [-0.2, 0) is 14.3 Å². The maximum atomic E-state index is 11.5. The van der Waals surface area contributed by atoms with Crippen molar-refractivity contribution in [3.8, 4) is 0 Å². The van der Waals surface area contributed by atoms with Crippen LogP contribution in [-0.4, -0.2) is 30.2 Å². The summed E-state index contributed by atoms with van der Waals surface area (Å²) in [5.41, 5.74) is 3.16. The molecule has 0 fully saturated rings. The number of methoxy groups -OCH3 is 1. The molecule has 114 valence electrons. The fourth-order valence-electron chi connectivity index (χ4n) is 1.69. The van der Waals surface area contributed by atoms with Gasteiger partial charge in [0, 0.05) is 19.0 Å². The fraction of sp³-hybridized carbons (Fsp3) is 0.467. The van der Waals surface area contributed by atoms with Gasteiger partial charge in [-0.15, -0.1) is 0 Å². The summed E-state index contributed by atoms with van der Waals surface area (Å²) in [5, 5.41) is 3.84. The second-order valence-electron chi connectivity index (χ2n) is 4.54. The second kappa shape index (κ2) is 10.5. The lowest BCUT2D eigenvalue weighted by Crippen LogP contribution is -2.17. The monoisotopic (exact) mass is 291 g/mol. The third kappa shape index (κ3) is 8.52. The lowest BCUT2D eigenvalue weighted by atomic mass is 10.1. The Balaban J connectivity index is 2.04. The highest BCUT2D eigenvalue weighted by molar-refractivity contribution is 5.80.